The van der Waals surface area contributed by atoms with Gasteiger partial charge in [-0.2, -0.15) is 0 Å². The molecule has 0 atom stereocenters. The van der Waals surface area contributed by atoms with E-state index in [1.54, 1.807) is 36.4 Å². The largest absolute Gasteiger partial charge is 0.508 e. The number of aromatic nitrogens is 4. The summed E-state index contributed by atoms with van der Waals surface area (Å²) >= 11 is 0. The molecule has 3 aromatic heterocycles. The molecule has 9 heteroatoms. The van der Waals surface area contributed by atoms with Crippen LogP contribution in [0.1, 0.15) is 22.8 Å². The van der Waals surface area contributed by atoms with Gasteiger partial charge in [0.1, 0.15) is 29.6 Å². The zero-order valence-corrected chi connectivity index (χ0v) is 29.4. The van der Waals surface area contributed by atoms with Crippen LogP contribution in [0, 0.1) is 0 Å². The number of nitrogens with one attached hydrogen (secondary N) is 2. The number of aromatic hydroxyl groups is 3. The third-order valence-electron chi connectivity index (χ3n) is 9.72. The lowest BCUT2D eigenvalue weighted by molar-refractivity contribution is 0.201. The number of H-pyrrole nitrogens is 2. The van der Waals surface area contributed by atoms with Crippen LogP contribution >= 0.6 is 0 Å². The molecule has 6 N–H and O–H groups in total. The van der Waals surface area contributed by atoms with Gasteiger partial charge < -0.3 is 35.1 Å². The molecule has 7 aromatic rings. The molecule has 4 aromatic carbocycles. The third kappa shape index (κ3) is 6.39. The van der Waals surface area contributed by atoms with Gasteiger partial charge >= 0.3 is 0 Å². The predicted octanol–water partition coefficient (Wildman–Crippen LogP) is 9.81. The lowest BCUT2D eigenvalue weighted by atomic mass is 10.0. The molecule has 0 aliphatic carbocycles. The molecule has 268 valence electrons. The number of fused-ring (bicyclic) bond motifs is 8. The molecule has 2 aliphatic rings. The van der Waals surface area contributed by atoms with E-state index in [9.17, 15) is 20.4 Å². The molecule has 5 heterocycles. The molecule has 8 bridgehead atoms. The number of nitrogens with zero attached hydrogens (tertiary/aromatic N) is 2. The number of benzene rings is 4. The Bertz CT molecular complexity index is 2750. The monoisotopic (exact) mass is 722 g/mol. The number of phenolic OH excluding ortho intramolecular Hbond substituents is 3. The van der Waals surface area contributed by atoms with Gasteiger partial charge in [0.15, 0.2) is 0 Å². The minimum absolute atomic E-state index is 0.0808. The van der Waals surface area contributed by atoms with Crippen molar-refractivity contribution in [1.82, 2.24) is 19.9 Å². The van der Waals surface area contributed by atoms with E-state index in [4.69, 9.17) is 14.7 Å². The van der Waals surface area contributed by atoms with Crippen molar-refractivity contribution in [1.29, 1.82) is 0 Å². The van der Waals surface area contributed by atoms with E-state index in [1.165, 1.54) is 0 Å². The molecular formula is C46H34N4O5. The van der Waals surface area contributed by atoms with Gasteiger partial charge in [-0.1, -0.05) is 48.5 Å². The van der Waals surface area contributed by atoms with Crippen molar-refractivity contribution in [3.05, 3.63) is 144 Å². The van der Waals surface area contributed by atoms with E-state index in [0.717, 1.165) is 89.4 Å². The Balaban J connectivity index is 1.43. The van der Waals surface area contributed by atoms with Gasteiger partial charge in [0, 0.05) is 44.3 Å². The Morgan fingerprint density at radius 3 is 0.982 bits per heavy atom. The number of aromatic amines is 2. The first kappa shape index (κ1) is 33.5. The van der Waals surface area contributed by atoms with E-state index >= 15 is 0 Å². The zero-order valence-electron chi connectivity index (χ0n) is 29.4. The van der Waals surface area contributed by atoms with Crippen molar-refractivity contribution in [2.24, 2.45) is 0 Å². The van der Waals surface area contributed by atoms with Crippen LogP contribution in [0.2, 0.25) is 0 Å². The molecule has 0 saturated heterocycles. The van der Waals surface area contributed by atoms with Crippen molar-refractivity contribution in [2.75, 3.05) is 13.2 Å². The molecule has 2 aliphatic heterocycles. The number of rotatable bonds is 7. The number of hydrogen-bond acceptors (Lipinski definition) is 7. The van der Waals surface area contributed by atoms with Gasteiger partial charge in [0.25, 0.3) is 0 Å². The van der Waals surface area contributed by atoms with Crippen molar-refractivity contribution in [3.8, 4) is 67.5 Å². The van der Waals surface area contributed by atoms with Crippen LogP contribution in [0.15, 0.2) is 121 Å². The summed E-state index contributed by atoms with van der Waals surface area (Å²) in [4.78, 5) is 17.9. The second-order valence-electron chi connectivity index (χ2n) is 13.2. The van der Waals surface area contributed by atoms with Gasteiger partial charge in [0.05, 0.1) is 29.4 Å². The Kier molecular flexibility index (Phi) is 8.45. The topological polar surface area (TPSA) is 148 Å². The van der Waals surface area contributed by atoms with Crippen LogP contribution in [0.5, 0.6) is 23.0 Å². The Hall–Kier alpha value is -7.36. The van der Waals surface area contributed by atoms with Crippen LogP contribution in [0.3, 0.4) is 0 Å². The first-order chi connectivity index (χ1) is 26.9. The summed E-state index contributed by atoms with van der Waals surface area (Å²) in [6.07, 6.45) is 8.00. The number of hydrogen-bond donors (Lipinski definition) is 6. The Morgan fingerprint density at radius 1 is 0.400 bits per heavy atom. The lowest BCUT2D eigenvalue weighted by Gasteiger charge is -2.08. The number of phenols is 3. The average molecular weight is 723 g/mol. The fraction of sp³-hybridized carbons (Fsp3) is 0.0435. The van der Waals surface area contributed by atoms with E-state index < -0.39 is 0 Å². The van der Waals surface area contributed by atoms with Crippen LogP contribution in [-0.2, 0) is 0 Å². The summed E-state index contributed by atoms with van der Waals surface area (Å²) in [7, 11) is 0. The quantitative estimate of drug-likeness (QED) is 0.0960. The summed E-state index contributed by atoms with van der Waals surface area (Å²) in [6.45, 7) is 0.115. The standard InChI is InChI=1S/C46H34N4O5/c51-25-26-55-34-15-7-30(8-16-34)46-41-23-21-39(49-41)44(28-3-11-32(53)12-4-28)37-19-17-35(47-37)43(27-1-9-31(52)10-2-27)36-18-20-38(48-36)45(40-22-24-42(46)50-40)29-5-13-33(54)14-6-29/h1-24,47,50-54H,25-26H2. The van der Waals surface area contributed by atoms with Gasteiger partial charge in [-0.25, -0.2) is 9.97 Å². The number of aliphatic hydroxyl groups is 1. The summed E-state index contributed by atoms with van der Waals surface area (Å²) in [5.74, 6) is 1.13. The molecule has 0 saturated carbocycles. The minimum Gasteiger partial charge on any atom is -0.508 e. The third-order valence-corrected chi connectivity index (χ3v) is 9.72. The van der Waals surface area contributed by atoms with Crippen molar-refractivity contribution >= 4 is 46.4 Å². The predicted molar refractivity (Wildman–Crippen MR) is 218 cm³/mol. The molecule has 0 fully saturated rings. The van der Waals surface area contributed by atoms with Gasteiger partial charge in [-0.3, -0.25) is 0 Å². The normalized spacial score (nSPS) is 11.9. The van der Waals surface area contributed by atoms with Gasteiger partial charge in [-0.05, 0) is 119 Å². The highest BCUT2D eigenvalue weighted by atomic mass is 16.5. The SMILES string of the molecule is OCCOc1ccc(-c2c3nc(c(-c4ccc(O)cc4)c4ccc([nH]4)c(-c4ccc(O)cc4)c4nc(c(-c5ccc(O)cc5)c5ccc2[nH]5)C=C4)C=C3)cc1. The first-order valence-corrected chi connectivity index (χ1v) is 17.8. The van der Waals surface area contributed by atoms with Crippen molar-refractivity contribution in [3.63, 3.8) is 0 Å². The summed E-state index contributed by atoms with van der Waals surface area (Å²) in [5, 5.41) is 39.9. The maximum Gasteiger partial charge on any atom is 0.119 e. The second-order valence-corrected chi connectivity index (χ2v) is 13.2. The summed E-state index contributed by atoms with van der Waals surface area (Å²) < 4.78 is 5.68. The molecule has 0 radical (unpaired) electrons. The molecule has 9 rings (SSSR count). The fourth-order valence-corrected chi connectivity index (χ4v) is 7.19. The summed E-state index contributed by atoms with van der Waals surface area (Å²) in [6, 6.07) is 37.1. The summed E-state index contributed by atoms with van der Waals surface area (Å²) in [5.41, 5.74) is 13.0. The van der Waals surface area contributed by atoms with Crippen molar-refractivity contribution < 1.29 is 25.2 Å². The van der Waals surface area contributed by atoms with E-state index in [-0.39, 0.29) is 30.5 Å². The molecule has 0 unspecified atom stereocenters. The maximum atomic E-state index is 10.2. The fourth-order valence-electron chi connectivity index (χ4n) is 7.19. The van der Waals surface area contributed by atoms with Crippen LogP contribution in [0.25, 0.3) is 90.9 Å². The highest BCUT2D eigenvalue weighted by Gasteiger charge is 2.19. The van der Waals surface area contributed by atoms with Crippen molar-refractivity contribution in [2.45, 2.75) is 0 Å². The number of aliphatic hydroxyl groups excluding tert-OH is 1. The smallest absolute Gasteiger partial charge is 0.119 e. The molecular weight excluding hydrogens is 689 g/mol. The average Bonchev–Trinajstić information content (AvgIpc) is 4.04. The van der Waals surface area contributed by atoms with Crippen LogP contribution < -0.4 is 4.74 Å². The van der Waals surface area contributed by atoms with E-state index in [2.05, 4.69) is 9.97 Å². The van der Waals surface area contributed by atoms with Crippen LogP contribution in [-0.4, -0.2) is 53.6 Å². The zero-order chi connectivity index (χ0) is 37.5. The lowest BCUT2D eigenvalue weighted by Crippen LogP contribution is -2.01. The van der Waals surface area contributed by atoms with Gasteiger partial charge in [0.2, 0.25) is 0 Å². The van der Waals surface area contributed by atoms with E-state index in [0.29, 0.717) is 5.75 Å². The minimum atomic E-state index is -0.0808. The number of ether oxygens (including phenoxy) is 1. The first-order valence-electron chi connectivity index (χ1n) is 17.8. The van der Waals surface area contributed by atoms with Crippen LogP contribution in [0.4, 0.5) is 0 Å². The molecule has 55 heavy (non-hydrogen) atoms. The molecule has 0 spiro atoms. The Morgan fingerprint density at radius 2 is 0.691 bits per heavy atom. The molecule has 9 nitrogen and oxygen atoms in total. The molecule has 0 amide bonds. The highest BCUT2D eigenvalue weighted by Crippen LogP contribution is 2.39. The maximum absolute atomic E-state index is 10.2. The second kappa shape index (κ2) is 13.9. The highest BCUT2D eigenvalue weighted by molar-refractivity contribution is 5.99. The Labute approximate surface area is 315 Å². The van der Waals surface area contributed by atoms with Gasteiger partial charge in [-0.15, -0.1) is 0 Å². The van der Waals surface area contributed by atoms with E-state index in [1.807, 2.05) is 109 Å².